The molecule has 1 aliphatic carbocycles. The van der Waals surface area contributed by atoms with Gasteiger partial charge in [0.05, 0.1) is 0 Å². The van der Waals surface area contributed by atoms with Crippen molar-refractivity contribution in [2.45, 2.75) is 84.5 Å². The molecule has 100 valence electrons. The summed E-state index contributed by atoms with van der Waals surface area (Å²) in [5, 5.41) is 0. The molecule has 0 N–H and O–H groups in total. The van der Waals surface area contributed by atoms with Crippen molar-refractivity contribution in [1.82, 2.24) is 0 Å². The normalized spacial score (nSPS) is 24.5. The lowest BCUT2D eigenvalue weighted by Crippen LogP contribution is -2.14. The standard InChI is InChI=1S/C16H30O/c1-3-5-7-8-9-11-15-13-12-14(16(15)17)10-6-4-2/h14-15H,3-13H2,1-2H3. The van der Waals surface area contributed by atoms with Gasteiger partial charge in [-0.3, -0.25) is 4.79 Å². The molecule has 0 bridgehead atoms. The molecule has 2 unspecified atom stereocenters. The zero-order valence-corrected chi connectivity index (χ0v) is 11.8. The Morgan fingerprint density at radius 2 is 1.35 bits per heavy atom. The topological polar surface area (TPSA) is 17.1 Å². The second-order valence-corrected chi connectivity index (χ2v) is 5.72. The molecular formula is C16H30O. The number of Topliss-reactive ketones (excluding diaryl/α,β-unsaturated/α-hetero) is 1. The average Bonchev–Trinajstić information content (AvgIpc) is 2.68. The molecule has 0 radical (unpaired) electrons. The minimum atomic E-state index is 0.426. The first-order valence-electron chi connectivity index (χ1n) is 7.83. The molecule has 2 atom stereocenters. The van der Waals surface area contributed by atoms with Crippen LogP contribution in [0.1, 0.15) is 84.5 Å². The summed E-state index contributed by atoms with van der Waals surface area (Å²) in [6.07, 6.45) is 13.8. The van der Waals surface area contributed by atoms with Gasteiger partial charge in [-0.15, -0.1) is 0 Å². The molecule has 0 heterocycles. The van der Waals surface area contributed by atoms with E-state index in [0.29, 0.717) is 17.6 Å². The van der Waals surface area contributed by atoms with Crippen LogP contribution in [0, 0.1) is 11.8 Å². The quantitative estimate of drug-likeness (QED) is 0.509. The lowest BCUT2D eigenvalue weighted by Gasteiger charge is -2.10. The van der Waals surface area contributed by atoms with Crippen LogP contribution >= 0.6 is 0 Å². The fourth-order valence-electron chi connectivity index (χ4n) is 3.04. The number of carbonyl (C=O) groups is 1. The van der Waals surface area contributed by atoms with E-state index in [0.717, 1.165) is 6.42 Å². The molecule has 1 rings (SSSR count). The Hall–Kier alpha value is -0.330. The Morgan fingerprint density at radius 1 is 0.824 bits per heavy atom. The molecular weight excluding hydrogens is 208 g/mol. The van der Waals surface area contributed by atoms with Crippen LogP contribution in [0.3, 0.4) is 0 Å². The highest BCUT2D eigenvalue weighted by Gasteiger charge is 2.32. The Bertz CT molecular complexity index is 210. The van der Waals surface area contributed by atoms with Crippen molar-refractivity contribution in [3.63, 3.8) is 0 Å². The number of hydrogen-bond acceptors (Lipinski definition) is 1. The highest BCUT2D eigenvalue weighted by molar-refractivity contribution is 5.85. The fraction of sp³-hybridized carbons (Fsp3) is 0.938. The van der Waals surface area contributed by atoms with Crippen LogP contribution in [-0.4, -0.2) is 5.78 Å². The van der Waals surface area contributed by atoms with Crippen LogP contribution in [0.4, 0.5) is 0 Å². The van der Waals surface area contributed by atoms with E-state index in [1.165, 1.54) is 64.2 Å². The van der Waals surface area contributed by atoms with Gasteiger partial charge in [0.15, 0.2) is 0 Å². The van der Waals surface area contributed by atoms with E-state index in [1.807, 2.05) is 0 Å². The predicted molar refractivity (Wildman–Crippen MR) is 74.1 cm³/mol. The number of ketones is 1. The second kappa shape index (κ2) is 8.72. The van der Waals surface area contributed by atoms with Gasteiger partial charge in [0.25, 0.3) is 0 Å². The maximum absolute atomic E-state index is 12.1. The van der Waals surface area contributed by atoms with Gasteiger partial charge in [-0.1, -0.05) is 58.8 Å². The van der Waals surface area contributed by atoms with Gasteiger partial charge >= 0.3 is 0 Å². The van der Waals surface area contributed by atoms with Crippen molar-refractivity contribution in [1.29, 1.82) is 0 Å². The maximum Gasteiger partial charge on any atom is 0.139 e. The molecule has 1 aliphatic rings. The third-order valence-corrected chi connectivity index (χ3v) is 4.23. The number of unbranched alkanes of at least 4 members (excludes halogenated alkanes) is 5. The Balaban J connectivity index is 2.12. The minimum absolute atomic E-state index is 0.426. The van der Waals surface area contributed by atoms with E-state index < -0.39 is 0 Å². The van der Waals surface area contributed by atoms with Gasteiger partial charge in [-0.2, -0.15) is 0 Å². The van der Waals surface area contributed by atoms with Gasteiger partial charge in [0, 0.05) is 11.8 Å². The number of rotatable bonds is 9. The fourth-order valence-corrected chi connectivity index (χ4v) is 3.04. The summed E-state index contributed by atoms with van der Waals surface area (Å²) in [5.41, 5.74) is 0. The smallest absolute Gasteiger partial charge is 0.139 e. The zero-order valence-electron chi connectivity index (χ0n) is 11.8. The van der Waals surface area contributed by atoms with Crippen molar-refractivity contribution < 1.29 is 4.79 Å². The van der Waals surface area contributed by atoms with E-state index in [2.05, 4.69) is 13.8 Å². The Morgan fingerprint density at radius 3 is 1.94 bits per heavy atom. The lowest BCUT2D eigenvalue weighted by molar-refractivity contribution is -0.124. The van der Waals surface area contributed by atoms with Crippen molar-refractivity contribution in [2.75, 3.05) is 0 Å². The molecule has 0 spiro atoms. The predicted octanol–water partition coefficient (Wildman–Crippen LogP) is 5.13. The molecule has 1 saturated carbocycles. The molecule has 0 aromatic heterocycles. The first-order valence-corrected chi connectivity index (χ1v) is 7.83. The summed E-state index contributed by atoms with van der Waals surface area (Å²) >= 11 is 0. The van der Waals surface area contributed by atoms with E-state index in [4.69, 9.17) is 0 Å². The second-order valence-electron chi connectivity index (χ2n) is 5.72. The molecule has 0 aromatic carbocycles. The van der Waals surface area contributed by atoms with Crippen molar-refractivity contribution >= 4 is 5.78 Å². The van der Waals surface area contributed by atoms with Gasteiger partial charge in [-0.25, -0.2) is 0 Å². The lowest BCUT2D eigenvalue weighted by atomic mass is 9.94. The number of hydrogen-bond donors (Lipinski definition) is 0. The summed E-state index contributed by atoms with van der Waals surface area (Å²) < 4.78 is 0. The maximum atomic E-state index is 12.1. The molecule has 1 fully saturated rings. The Labute approximate surface area is 107 Å². The van der Waals surface area contributed by atoms with Gasteiger partial charge < -0.3 is 0 Å². The molecule has 1 heteroatoms. The highest BCUT2D eigenvalue weighted by atomic mass is 16.1. The van der Waals surface area contributed by atoms with Crippen molar-refractivity contribution in [3.05, 3.63) is 0 Å². The van der Waals surface area contributed by atoms with Crippen molar-refractivity contribution in [3.8, 4) is 0 Å². The van der Waals surface area contributed by atoms with Crippen LogP contribution in [0.25, 0.3) is 0 Å². The first-order chi connectivity index (χ1) is 8.29. The summed E-state index contributed by atoms with van der Waals surface area (Å²) in [4.78, 5) is 12.1. The molecule has 1 nitrogen and oxygen atoms in total. The summed E-state index contributed by atoms with van der Waals surface area (Å²) in [5.74, 6) is 1.46. The monoisotopic (exact) mass is 238 g/mol. The molecule has 0 aromatic rings. The van der Waals surface area contributed by atoms with Crippen LogP contribution in [0.2, 0.25) is 0 Å². The third-order valence-electron chi connectivity index (χ3n) is 4.23. The molecule has 0 aliphatic heterocycles. The molecule has 17 heavy (non-hydrogen) atoms. The Kier molecular flexibility index (Phi) is 7.55. The molecule has 0 saturated heterocycles. The summed E-state index contributed by atoms with van der Waals surface area (Å²) in [6.45, 7) is 4.46. The van der Waals surface area contributed by atoms with Gasteiger partial charge in [-0.05, 0) is 25.7 Å². The minimum Gasteiger partial charge on any atom is -0.299 e. The zero-order chi connectivity index (χ0) is 12.5. The average molecular weight is 238 g/mol. The summed E-state index contributed by atoms with van der Waals surface area (Å²) in [7, 11) is 0. The van der Waals surface area contributed by atoms with E-state index >= 15 is 0 Å². The van der Waals surface area contributed by atoms with Gasteiger partial charge in [0.2, 0.25) is 0 Å². The molecule has 0 amide bonds. The van der Waals surface area contributed by atoms with Crippen LogP contribution < -0.4 is 0 Å². The van der Waals surface area contributed by atoms with E-state index in [-0.39, 0.29) is 0 Å². The van der Waals surface area contributed by atoms with Crippen molar-refractivity contribution in [2.24, 2.45) is 11.8 Å². The van der Waals surface area contributed by atoms with Crippen LogP contribution in [-0.2, 0) is 4.79 Å². The van der Waals surface area contributed by atoms with Crippen LogP contribution in [0.5, 0.6) is 0 Å². The van der Waals surface area contributed by atoms with Crippen LogP contribution in [0.15, 0.2) is 0 Å². The third kappa shape index (κ3) is 5.23. The summed E-state index contributed by atoms with van der Waals surface area (Å²) in [6, 6.07) is 0. The van der Waals surface area contributed by atoms with E-state index in [1.54, 1.807) is 0 Å². The van der Waals surface area contributed by atoms with E-state index in [9.17, 15) is 4.79 Å². The highest BCUT2D eigenvalue weighted by Crippen LogP contribution is 2.33. The van der Waals surface area contributed by atoms with Gasteiger partial charge in [0.1, 0.15) is 5.78 Å². The SMILES string of the molecule is CCCCCCCC1CCC(CCCC)C1=O. The number of carbonyl (C=O) groups excluding carboxylic acids is 1. The largest absolute Gasteiger partial charge is 0.299 e. The first kappa shape index (κ1) is 14.7.